The molecule has 1 heterocycles. The van der Waals surface area contributed by atoms with Crippen LogP contribution in [0.15, 0.2) is 48.5 Å². The average Bonchev–Trinajstić information content (AvgIpc) is 2.74. The minimum atomic E-state index is -0.329. The fraction of sp³-hybridized carbons (Fsp3) is 0.435. The molecule has 0 radical (unpaired) electrons. The molecule has 0 amide bonds. The molecule has 0 aromatic heterocycles. The number of carbonyl (C=O) groups is 1. The highest BCUT2D eigenvalue weighted by atomic mass is 16.5. The molecule has 27 heavy (non-hydrogen) atoms. The number of piperidine rings is 1. The van der Waals surface area contributed by atoms with Crippen molar-refractivity contribution in [3.8, 4) is 5.75 Å². The highest BCUT2D eigenvalue weighted by Crippen LogP contribution is 2.28. The van der Waals surface area contributed by atoms with Crippen molar-refractivity contribution in [1.82, 2.24) is 0 Å². The minimum absolute atomic E-state index is 0.266. The molecule has 1 saturated heterocycles. The van der Waals surface area contributed by atoms with Crippen LogP contribution < -0.4 is 9.64 Å². The smallest absolute Gasteiger partial charge is 0.342 e. The van der Waals surface area contributed by atoms with Crippen LogP contribution in [-0.4, -0.2) is 25.7 Å². The normalized spacial score (nSPS) is 14.0. The Kier molecular flexibility index (Phi) is 7.14. The number of hydrogen-bond acceptors (Lipinski definition) is 4. The molecule has 2 aromatic rings. The maximum atomic E-state index is 12.8. The van der Waals surface area contributed by atoms with Crippen LogP contribution >= 0.6 is 0 Å². The van der Waals surface area contributed by atoms with E-state index in [1.807, 2.05) is 42.5 Å². The van der Waals surface area contributed by atoms with Crippen LogP contribution in [0.3, 0.4) is 0 Å². The van der Waals surface area contributed by atoms with Gasteiger partial charge in [0.1, 0.15) is 17.9 Å². The van der Waals surface area contributed by atoms with Crippen LogP contribution in [0.4, 0.5) is 5.69 Å². The third-order valence-electron chi connectivity index (χ3n) is 4.87. The number of unbranched alkanes of at least 4 members (excludes halogenated alkanes) is 1. The molecule has 1 aliphatic heterocycles. The number of carbonyl (C=O) groups excluding carboxylic acids is 1. The van der Waals surface area contributed by atoms with Gasteiger partial charge in [0.25, 0.3) is 0 Å². The van der Waals surface area contributed by atoms with Crippen molar-refractivity contribution < 1.29 is 14.3 Å². The van der Waals surface area contributed by atoms with Gasteiger partial charge in [-0.3, -0.25) is 0 Å². The van der Waals surface area contributed by atoms with Crippen molar-refractivity contribution in [2.45, 2.75) is 45.6 Å². The first-order valence-corrected chi connectivity index (χ1v) is 10.0. The van der Waals surface area contributed by atoms with Gasteiger partial charge >= 0.3 is 5.97 Å². The van der Waals surface area contributed by atoms with Gasteiger partial charge in [0.2, 0.25) is 0 Å². The van der Waals surface area contributed by atoms with E-state index in [0.29, 0.717) is 17.9 Å². The Bertz CT molecular complexity index is 724. The Balaban J connectivity index is 1.76. The molecule has 0 unspecified atom stereocenters. The van der Waals surface area contributed by atoms with Crippen LogP contribution in [-0.2, 0) is 11.3 Å². The zero-order valence-corrected chi connectivity index (χ0v) is 16.2. The number of ether oxygens (including phenoxy) is 2. The summed E-state index contributed by atoms with van der Waals surface area (Å²) >= 11 is 0. The van der Waals surface area contributed by atoms with Crippen LogP contribution in [0.5, 0.6) is 5.75 Å². The second-order valence-electron chi connectivity index (χ2n) is 6.99. The van der Waals surface area contributed by atoms with Gasteiger partial charge < -0.3 is 14.4 Å². The average molecular weight is 367 g/mol. The van der Waals surface area contributed by atoms with E-state index in [-0.39, 0.29) is 12.6 Å². The molecule has 0 atom stereocenters. The van der Waals surface area contributed by atoms with E-state index in [0.717, 1.165) is 37.2 Å². The van der Waals surface area contributed by atoms with Crippen LogP contribution in [0.2, 0.25) is 0 Å². The highest BCUT2D eigenvalue weighted by molar-refractivity contribution is 5.93. The lowest BCUT2D eigenvalue weighted by atomic mass is 10.1. The van der Waals surface area contributed by atoms with Crippen molar-refractivity contribution in [2.75, 3.05) is 24.6 Å². The third kappa shape index (κ3) is 5.49. The minimum Gasteiger partial charge on any atom is -0.493 e. The molecule has 1 fully saturated rings. The lowest BCUT2D eigenvalue weighted by molar-refractivity contribution is 0.0468. The van der Waals surface area contributed by atoms with E-state index in [1.54, 1.807) is 0 Å². The zero-order chi connectivity index (χ0) is 18.9. The van der Waals surface area contributed by atoms with Crippen LogP contribution in [0, 0.1) is 0 Å². The standard InChI is InChI=1S/C23H29NO3/c1-2-3-16-26-22-13-12-20(24-14-8-5-9-15-24)17-21(22)23(25)27-18-19-10-6-4-7-11-19/h4,6-7,10-13,17H,2-3,5,8-9,14-16,18H2,1H3. The van der Waals surface area contributed by atoms with Gasteiger partial charge in [0, 0.05) is 18.8 Å². The van der Waals surface area contributed by atoms with Gasteiger partial charge in [-0.1, -0.05) is 43.7 Å². The number of anilines is 1. The highest BCUT2D eigenvalue weighted by Gasteiger charge is 2.19. The van der Waals surface area contributed by atoms with Gasteiger partial charge in [-0.2, -0.15) is 0 Å². The van der Waals surface area contributed by atoms with Gasteiger partial charge in [-0.25, -0.2) is 4.79 Å². The Morgan fingerprint density at radius 2 is 1.81 bits per heavy atom. The summed E-state index contributed by atoms with van der Waals surface area (Å²) in [6.07, 6.45) is 5.69. The number of rotatable bonds is 8. The van der Waals surface area contributed by atoms with Crippen molar-refractivity contribution in [1.29, 1.82) is 0 Å². The van der Waals surface area contributed by atoms with Gasteiger partial charge in [0.05, 0.1) is 6.61 Å². The molecule has 4 nitrogen and oxygen atoms in total. The largest absolute Gasteiger partial charge is 0.493 e. The molecule has 0 N–H and O–H groups in total. The van der Waals surface area contributed by atoms with Crippen molar-refractivity contribution in [2.24, 2.45) is 0 Å². The summed E-state index contributed by atoms with van der Waals surface area (Å²) in [4.78, 5) is 15.1. The molecule has 4 heteroatoms. The lowest BCUT2D eigenvalue weighted by Crippen LogP contribution is -2.29. The Morgan fingerprint density at radius 1 is 1.04 bits per heavy atom. The summed E-state index contributed by atoms with van der Waals surface area (Å²) in [5, 5.41) is 0. The van der Waals surface area contributed by atoms with E-state index in [1.165, 1.54) is 19.3 Å². The number of esters is 1. The SMILES string of the molecule is CCCCOc1ccc(N2CCCCC2)cc1C(=O)OCc1ccccc1. The Hall–Kier alpha value is -2.49. The molecular weight excluding hydrogens is 338 g/mol. The molecule has 0 aliphatic carbocycles. The van der Waals surface area contributed by atoms with Crippen molar-refractivity contribution >= 4 is 11.7 Å². The molecule has 0 spiro atoms. The van der Waals surface area contributed by atoms with Gasteiger partial charge in [-0.15, -0.1) is 0 Å². The first kappa shape index (κ1) is 19.3. The molecule has 144 valence electrons. The van der Waals surface area contributed by atoms with Crippen LogP contribution in [0.1, 0.15) is 54.9 Å². The molecule has 1 aliphatic rings. The summed E-state index contributed by atoms with van der Waals surface area (Å²) in [5.41, 5.74) is 2.57. The lowest BCUT2D eigenvalue weighted by Gasteiger charge is -2.29. The number of hydrogen-bond donors (Lipinski definition) is 0. The van der Waals surface area contributed by atoms with Crippen LogP contribution in [0.25, 0.3) is 0 Å². The quantitative estimate of drug-likeness (QED) is 0.474. The molecular formula is C23H29NO3. The van der Waals surface area contributed by atoms with E-state index in [4.69, 9.17) is 9.47 Å². The Morgan fingerprint density at radius 3 is 2.56 bits per heavy atom. The number of nitrogens with zero attached hydrogens (tertiary/aromatic N) is 1. The molecule has 0 bridgehead atoms. The monoisotopic (exact) mass is 367 g/mol. The third-order valence-corrected chi connectivity index (χ3v) is 4.87. The fourth-order valence-electron chi connectivity index (χ4n) is 3.28. The van der Waals surface area contributed by atoms with Gasteiger partial charge in [-0.05, 0) is 49.4 Å². The summed E-state index contributed by atoms with van der Waals surface area (Å²) in [5.74, 6) is 0.284. The molecule has 0 saturated carbocycles. The molecule has 3 rings (SSSR count). The zero-order valence-electron chi connectivity index (χ0n) is 16.2. The van der Waals surface area contributed by atoms with E-state index in [2.05, 4.69) is 17.9 Å². The van der Waals surface area contributed by atoms with E-state index >= 15 is 0 Å². The summed E-state index contributed by atoms with van der Waals surface area (Å²) in [7, 11) is 0. The molecule has 2 aromatic carbocycles. The number of benzene rings is 2. The second kappa shape index (κ2) is 10.0. The first-order valence-electron chi connectivity index (χ1n) is 10.0. The summed E-state index contributed by atoms with van der Waals surface area (Å²) < 4.78 is 11.4. The predicted octanol–water partition coefficient (Wildman–Crippen LogP) is 5.21. The maximum Gasteiger partial charge on any atom is 0.342 e. The second-order valence-corrected chi connectivity index (χ2v) is 6.99. The van der Waals surface area contributed by atoms with Crippen molar-refractivity contribution in [3.05, 3.63) is 59.7 Å². The predicted molar refractivity (Wildman–Crippen MR) is 108 cm³/mol. The summed E-state index contributed by atoms with van der Waals surface area (Å²) in [6.45, 7) is 5.07. The topological polar surface area (TPSA) is 38.8 Å². The summed E-state index contributed by atoms with van der Waals surface area (Å²) in [6, 6.07) is 15.7. The van der Waals surface area contributed by atoms with E-state index in [9.17, 15) is 4.79 Å². The van der Waals surface area contributed by atoms with Gasteiger partial charge in [0.15, 0.2) is 0 Å². The fourth-order valence-corrected chi connectivity index (χ4v) is 3.28. The van der Waals surface area contributed by atoms with E-state index < -0.39 is 0 Å². The maximum absolute atomic E-state index is 12.8. The Labute approximate surface area is 162 Å². The van der Waals surface area contributed by atoms with Crippen molar-refractivity contribution in [3.63, 3.8) is 0 Å². The first-order chi connectivity index (χ1) is 13.3.